The van der Waals surface area contributed by atoms with E-state index < -0.39 is 16.6 Å². The fourth-order valence-electron chi connectivity index (χ4n) is 1.39. The van der Waals surface area contributed by atoms with E-state index in [1.54, 1.807) is 13.2 Å². The van der Waals surface area contributed by atoms with Gasteiger partial charge in [0.2, 0.25) is 0 Å². The number of rotatable bonds is 3. The molecule has 1 heterocycles. The topological polar surface area (TPSA) is 73.8 Å². The molecular formula is C10H11FN4OS. The van der Waals surface area contributed by atoms with Gasteiger partial charge in [0.25, 0.3) is 0 Å². The van der Waals surface area contributed by atoms with Crippen LogP contribution in [0.1, 0.15) is 5.69 Å². The van der Waals surface area contributed by atoms with Gasteiger partial charge in [-0.3, -0.25) is 8.89 Å². The highest BCUT2D eigenvalue weighted by molar-refractivity contribution is 7.84. The molecule has 2 aromatic rings. The van der Waals surface area contributed by atoms with E-state index in [9.17, 15) is 8.60 Å². The smallest absolute Gasteiger partial charge is 0.126 e. The minimum Gasteiger partial charge on any atom is -0.399 e. The van der Waals surface area contributed by atoms with Crippen LogP contribution in [0.15, 0.2) is 29.3 Å². The number of nitrogens with zero attached hydrogens (tertiary/aromatic N) is 3. The number of hydrogen-bond acceptors (Lipinski definition) is 4. The second kappa shape index (κ2) is 4.62. The second-order valence-corrected chi connectivity index (χ2v) is 5.04. The Labute approximate surface area is 99.9 Å². The van der Waals surface area contributed by atoms with E-state index in [1.807, 2.05) is 0 Å². The lowest BCUT2D eigenvalue weighted by Crippen LogP contribution is -1.99. The van der Waals surface area contributed by atoms with Crippen molar-refractivity contribution in [2.75, 3.05) is 5.73 Å². The van der Waals surface area contributed by atoms with Gasteiger partial charge in [-0.15, -0.1) is 5.10 Å². The highest BCUT2D eigenvalue weighted by Gasteiger charge is 2.09. The van der Waals surface area contributed by atoms with Crippen LogP contribution in [0.3, 0.4) is 0 Å². The molecule has 90 valence electrons. The first-order valence-corrected chi connectivity index (χ1v) is 6.16. The molecule has 17 heavy (non-hydrogen) atoms. The molecule has 0 spiro atoms. The van der Waals surface area contributed by atoms with Crippen molar-refractivity contribution in [1.82, 2.24) is 15.0 Å². The quantitative estimate of drug-likeness (QED) is 0.824. The van der Waals surface area contributed by atoms with Crippen LogP contribution >= 0.6 is 0 Å². The molecule has 2 N–H and O–H groups in total. The molecule has 0 saturated carbocycles. The van der Waals surface area contributed by atoms with Gasteiger partial charge in [-0.25, -0.2) is 4.39 Å². The maximum absolute atomic E-state index is 13.1. The van der Waals surface area contributed by atoms with E-state index in [4.69, 9.17) is 5.73 Å². The summed E-state index contributed by atoms with van der Waals surface area (Å²) in [7, 11) is 0.344. The van der Waals surface area contributed by atoms with Crippen LogP contribution in [0.2, 0.25) is 0 Å². The van der Waals surface area contributed by atoms with Crippen LogP contribution in [-0.4, -0.2) is 19.2 Å². The van der Waals surface area contributed by atoms with Crippen molar-refractivity contribution in [3.63, 3.8) is 0 Å². The largest absolute Gasteiger partial charge is 0.399 e. The summed E-state index contributed by atoms with van der Waals surface area (Å²) >= 11 is 0. The average molecular weight is 254 g/mol. The number of aromatic nitrogens is 3. The van der Waals surface area contributed by atoms with Crippen molar-refractivity contribution in [3.05, 3.63) is 35.9 Å². The molecule has 0 aliphatic carbocycles. The average Bonchev–Trinajstić information content (AvgIpc) is 2.62. The Morgan fingerprint density at radius 2 is 2.24 bits per heavy atom. The van der Waals surface area contributed by atoms with Crippen LogP contribution < -0.4 is 5.73 Å². The summed E-state index contributed by atoms with van der Waals surface area (Å²) in [6.07, 6.45) is 1.67. The number of aryl methyl sites for hydroxylation is 1. The first kappa shape index (κ1) is 11.7. The summed E-state index contributed by atoms with van der Waals surface area (Å²) in [6, 6.07) is 3.89. The van der Waals surface area contributed by atoms with Crippen molar-refractivity contribution in [1.29, 1.82) is 0 Å². The normalized spacial score (nSPS) is 12.6. The maximum atomic E-state index is 13.1. The molecule has 0 aliphatic heterocycles. The number of halogens is 1. The summed E-state index contributed by atoms with van der Waals surface area (Å²) in [5, 5.41) is 7.55. The van der Waals surface area contributed by atoms with Gasteiger partial charge in [0.1, 0.15) is 5.82 Å². The fourth-order valence-corrected chi connectivity index (χ4v) is 2.47. The molecule has 0 amide bonds. The van der Waals surface area contributed by atoms with Gasteiger partial charge in [0.15, 0.2) is 0 Å². The van der Waals surface area contributed by atoms with Gasteiger partial charge in [-0.05, 0) is 18.2 Å². The molecule has 7 heteroatoms. The standard InChI is InChI=1S/C10H11FN4OS/c1-15-5-9(13-14-15)6-17(16)10-3-7(11)2-8(12)4-10/h2-5H,6,12H2,1H3. The third-order valence-electron chi connectivity index (χ3n) is 2.09. The molecule has 0 saturated heterocycles. The highest BCUT2D eigenvalue weighted by atomic mass is 32.2. The lowest BCUT2D eigenvalue weighted by atomic mass is 10.3. The summed E-state index contributed by atoms with van der Waals surface area (Å²) < 4.78 is 26.5. The number of nitrogen functional groups attached to an aromatic ring is 1. The molecule has 5 nitrogen and oxygen atoms in total. The van der Waals surface area contributed by atoms with Gasteiger partial charge in [0.05, 0.1) is 22.2 Å². The van der Waals surface area contributed by atoms with Crippen LogP contribution in [0.5, 0.6) is 0 Å². The van der Waals surface area contributed by atoms with Crippen LogP contribution in [0.4, 0.5) is 10.1 Å². The molecule has 1 atom stereocenters. The molecule has 0 fully saturated rings. The minimum atomic E-state index is -1.38. The van der Waals surface area contributed by atoms with E-state index in [2.05, 4.69) is 10.3 Å². The van der Waals surface area contributed by atoms with E-state index in [1.165, 1.54) is 22.9 Å². The Kier molecular flexibility index (Phi) is 3.19. The summed E-state index contributed by atoms with van der Waals surface area (Å²) in [5.41, 5.74) is 6.34. The maximum Gasteiger partial charge on any atom is 0.126 e. The Balaban J connectivity index is 2.19. The molecule has 1 aromatic heterocycles. The Bertz CT molecular complexity index is 549. The predicted octanol–water partition coefficient (Wildman–Crippen LogP) is 0.844. The van der Waals surface area contributed by atoms with Crippen LogP contribution in [-0.2, 0) is 23.6 Å². The van der Waals surface area contributed by atoms with Crippen molar-refractivity contribution >= 4 is 16.5 Å². The van der Waals surface area contributed by atoms with Gasteiger partial charge in [-0.1, -0.05) is 5.21 Å². The highest BCUT2D eigenvalue weighted by Crippen LogP contribution is 2.16. The van der Waals surface area contributed by atoms with Gasteiger partial charge >= 0.3 is 0 Å². The summed E-state index contributed by atoms with van der Waals surface area (Å²) in [4.78, 5) is 0.355. The van der Waals surface area contributed by atoms with Crippen molar-refractivity contribution < 1.29 is 8.60 Å². The Morgan fingerprint density at radius 3 is 2.82 bits per heavy atom. The van der Waals surface area contributed by atoms with Crippen molar-refractivity contribution in [2.24, 2.45) is 7.05 Å². The van der Waals surface area contributed by atoms with E-state index in [0.29, 0.717) is 10.6 Å². The SMILES string of the molecule is Cn1cc(CS(=O)c2cc(N)cc(F)c2)nn1. The lowest BCUT2D eigenvalue weighted by Gasteiger charge is -2.02. The number of nitrogens with two attached hydrogens (primary N) is 1. The second-order valence-electron chi connectivity index (χ2n) is 3.59. The third kappa shape index (κ3) is 2.88. The van der Waals surface area contributed by atoms with Crippen LogP contribution in [0, 0.1) is 5.82 Å². The lowest BCUT2D eigenvalue weighted by molar-refractivity contribution is 0.623. The Hall–Kier alpha value is -1.76. The number of benzene rings is 1. The van der Waals surface area contributed by atoms with Crippen molar-refractivity contribution in [2.45, 2.75) is 10.6 Å². The third-order valence-corrected chi connectivity index (χ3v) is 3.41. The van der Waals surface area contributed by atoms with E-state index in [-0.39, 0.29) is 11.4 Å². The molecule has 1 aromatic carbocycles. The van der Waals surface area contributed by atoms with E-state index >= 15 is 0 Å². The first-order valence-electron chi connectivity index (χ1n) is 4.84. The fraction of sp³-hybridized carbons (Fsp3) is 0.200. The molecule has 0 aliphatic rings. The van der Waals surface area contributed by atoms with Crippen LogP contribution in [0.25, 0.3) is 0 Å². The summed E-state index contributed by atoms with van der Waals surface area (Å²) in [5.74, 6) is -0.302. The molecular weight excluding hydrogens is 243 g/mol. The summed E-state index contributed by atoms with van der Waals surface area (Å²) in [6.45, 7) is 0. The molecule has 0 bridgehead atoms. The minimum absolute atomic E-state index is 0.191. The molecule has 2 rings (SSSR count). The molecule has 0 radical (unpaired) electrons. The van der Waals surface area contributed by atoms with Gasteiger partial charge < -0.3 is 5.73 Å². The van der Waals surface area contributed by atoms with E-state index in [0.717, 1.165) is 0 Å². The Morgan fingerprint density at radius 1 is 1.47 bits per heavy atom. The predicted molar refractivity (Wildman–Crippen MR) is 61.9 cm³/mol. The van der Waals surface area contributed by atoms with Gasteiger partial charge in [0, 0.05) is 23.8 Å². The zero-order chi connectivity index (χ0) is 12.4. The number of anilines is 1. The first-order chi connectivity index (χ1) is 8.04. The van der Waals surface area contributed by atoms with Gasteiger partial charge in [-0.2, -0.15) is 0 Å². The van der Waals surface area contributed by atoms with Crippen molar-refractivity contribution in [3.8, 4) is 0 Å². The zero-order valence-corrected chi connectivity index (χ0v) is 9.95. The monoisotopic (exact) mass is 254 g/mol. The molecule has 1 unspecified atom stereocenters. The zero-order valence-electron chi connectivity index (χ0n) is 9.13. The number of hydrogen-bond donors (Lipinski definition) is 1.